The summed E-state index contributed by atoms with van der Waals surface area (Å²) in [7, 11) is 0. The summed E-state index contributed by atoms with van der Waals surface area (Å²) in [6.07, 6.45) is -6.35. The summed E-state index contributed by atoms with van der Waals surface area (Å²) in [6, 6.07) is 0. The predicted octanol–water partition coefficient (Wildman–Crippen LogP) is -0.480. The number of aliphatic hydroxyl groups excluding tert-OH is 1. The number of carbonyl (C=O) groups is 3. The van der Waals surface area contributed by atoms with Crippen LogP contribution in [-0.4, -0.2) is 54.2 Å². The molecule has 1 N–H and O–H groups in total. The minimum atomic E-state index is -1.57. The lowest BCUT2D eigenvalue weighted by Gasteiger charge is -2.38. The van der Waals surface area contributed by atoms with Gasteiger partial charge in [0.2, 0.25) is 0 Å². The van der Waals surface area contributed by atoms with Crippen LogP contribution in [0.1, 0.15) is 28.5 Å². The van der Waals surface area contributed by atoms with Gasteiger partial charge in [-0.1, -0.05) is 0 Å². The molecule has 1 heterocycles. The number of aliphatic hydroxyl groups is 1. The van der Waals surface area contributed by atoms with Gasteiger partial charge < -0.3 is 24.1 Å². The normalized spacial score (nSPS) is 33.8. The molecule has 0 aromatic rings. The molecule has 1 saturated heterocycles. The van der Waals surface area contributed by atoms with Crippen molar-refractivity contribution < 1.29 is 39.8 Å². The molecule has 1 aliphatic heterocycles. The van der Waals surface area contributed by atoms with E-state index < -0.39 is 48.9 Å². The maximum atomic E-state index is 11.2. The molecule has 0 unspecified atom stereocenters. The second kappa shape index (κ2) is 7.20. The van der Waals surface area contributed by atoms with E-state index in [-0.39, 0.29) is 6.61 Å². The monoisotopic (exact) mass is 291 g/mol. The molecule has 1 aliphatic rings. The fourth-order valence-electron chi connectivity index (χ4n) is 1.75. The number of ether oxygens (including phenoxy) is 4. The quantitative estimate of drug-likeness (QED) is 0.546. The fraction of sp³-hybridized carbons (Fsp3) is 0.750. The van der Waals surface area contributed by atoms with Gasteiger partial charge in [-0.25, -0.2) is 0 Å². The summed E-state index contributed by atoms with van der Waals surface area (Å²) < 4.78 is 27.6. The Morgan fingerprint density at radius 3 is 2.30 bits per heavy atom. The number of carbonyl (C=O) groups excluding carboxylic acids is 3. The Morgan fingerprint density at radius 1 is 1.20 bits per heavy atom. The molecule has 0 saturated carbocycles. The third kappa shape index (κ3) is 5.14. The van der Waals surface area contributed by atoms with Crippen LogP contribution in [0.4, 0.5) is 0 Å². The Morgan fingerprint density at radius 2 is 1.80 bits per heavy atom. The van der Waals surface area contributed by atoms with Gasteiger partial charge in [-0.3, -0.25) is 14.4 Å². The summed E-state index contributed by atoms with van der Waals surface area (Å²) in [6.45, 7) is 3.13. The number of rotatable bonds is 4. The van der Waals surface area contributed by atoms with Crippen molar-refractivity contribution >= 4 is 17.9 Å². The lowest BCUT2D eigenvalue weighted by molar-refractivity contribution is -0.252. The molecule has 0 aromatic carbocycles. The van der Waals surface area contributed by atoms with Gasteiger partial charge in [0.05, 0.1) is 0 Å². The molecule has 0 aliphatic carbocycles. The summed E-state index contributed by atoms with van der Waals surface area (Å²) in [5.41, 5.74) is 0. The van der Waals surface area contributed by atoms with Crippen molar-refractivity contribution in [3.05, 3.63) is 0 Å². The van der Waals surface area contributed by atoms with E-state index in [1.807, 2.05) is 0 Å². The Labute approximate surface area is 117 Å². The topological polar surface area (TPSA) is 108 Å². The molecule has 8 heteroatoms. The number of esters is 3. The number of hydrogen-bond acceptors (Lipinski definition) is 8. The predicted molar refractivity (Wildman–Crippen MR) is 63.2 cm³/mol. The SMILES string of the molecule is [2H][C@@H]1[C@@H](OC(C)=O)[C@@H](OC(C)=O)[C@@H](COC(C)=O)O[C@H]1O. The molecule has 8 nitrogen and oxygen atoms in total. The van der Waals surface area contributed by atoms with E-state index in [1.54, 1.807) is 0 Å². The van der Waals surface area contributed by atoms with Crippen molar-refractivity contribution in [1.29, 1.82) is 0 Å². The van der Waals surface area contributed by atoms with Gasteiger partial charge in [-0.15, -0.1) is 0 Å². The first kappa shape index (κ1) is 14.7. The van der Waals surface area contributed by atoms with Crippen LogP contribution in [0, 0.1) is 0 Å². The molecule has 0 amide bonds. The Hall–Kier alpha value is -1.67. The second-order valence-corrected chi connectivity index (χ2v) is 4.21. The van der Waals surface area contributed by atoms with Gasteiger partial charge >= 0.3 is 17.9 Å². The number of hydrogen-bond donors (Lipinski definition) is 1. The van der Waals surface area contributed by atoms with Gasteiger partial charge in [0.15, 0.2) is 12.4 Å². The zero-order chi connectivity index (χ0) is 16.2. The summed E-state index contributed by atoms with van der Waals surface area (Å²) in [5.74, 6) is -1.97. The van der Waals surface area contributed by atoms with Crippen molar-refractivity contribution in [2.75, 3.05) is 6.61 Å². The van der Waals surface area contributed by atoms with Crippen LogP contribution in [0.2, 0.25) is 0 Å². The highest BCUT2D eigenvalue weighted by molar-refractivity contribution is 5.67. The second-order valence-electron chi connectivity index (χ2n) is 4.21. The van der Waals surface area contributed by atoms with Gasteiger partial charge in [-0.2, -0.15) is 0 Å². The largest absolute Gasteiger partial charge is 0.463 e. The average molecular weight is 291 g/mol. The first-order chi connectivity index (χ1) is 9.72. The first-order valence-corrected chi connectivity index (χ1v) is 5.96. The maximum Gasteiger partial charge on any atom is 0.303 e. The minimum absolute atomic E-state index is 0.311. The zero-order valence-corrected chi connectivity index (χ0v) is 11.4. The summed E-state index contributed by atoms with van der Waals surface area (Å²) >= 11 is 0. The smallest absolute Gasteiger partial charge is 0.303 e. The Balaban J connectivity index is 2.94. The van der Waals surface area contributed by atoms with Gasteiger partial charge in [-0.05, 0) is 0 Å². The Bertz CT molecular complexity index is 412. The van der Waals surface area contributed by atoms with Gasteiger partial charge in [0.1, 0.15) is 18.8 Å². The van der Waals surface area contributed by atoms with Crippen LogP contribution in [0.25, 0.3) is 0 Å². The van der Waals surface area contributed by atoms with E-state index in [9.17, 15) is 19.5 Å². The summed E-state index contributed by atoms with van der Waals surface area (Å²) in [4.78, 5) is 33.1. The van der Waals surface area contributed by atoms with Crippen LogP contribution in [-0.2, 0) is 33.3 Å². The molecule has 0 bridgehead atoms. The van der Waals surface area contributed by atoms with E-state index in [0.29, 0.717) is 0 Å². The van der Waals surface area contributed by atoms with Crippen LogP contribution in [0.15, 0.2) is 0 Å². The molecule has 0 spiro atoms. The lowest BCUT2D eigenvalue weighted by Crippen LogP contribution is -2.53. The van der Waals surface area contributed by atoms with Crippen molar-refractivity contribution in [2.24, 2.45) is 0 Å². The zero-order valence-electron chi connectivity index (χ0n) is 12.4. The highest BCUT2D eigenvalue weighted by Gasteiger charge is 2.43. The summed E-state index contributed by atoms with van der Waals surface area (Å²) in [5, 5.41) is 9.67. The van der Waals surface area contributed by atoms with E-state index in [1.165, 1.54) is 6.92 Å². The van der Waals surface area contributed by atoms with Crippen molar-refractivity contribution in [3.8, 4) is 0 Å². The molecule has 0 aromatic heterocycles. The lowest BCUT2D eigenvalue weighted by atomic mass is 10.0. The van der Waals surface area contributed by atoms with Crippen molar-refractivity contribution in [1.82, 2.24) is 0 Å². The molecule has 114 valence electrons. The van der Waals surface area contributed by atoms with E-state index in [4.69, 9.17) is 20.3 Å². The van der Waals surface area contributed by atoms with Gasteiger partial charge in [0, 0.05) is 28.5 Å². The fourth-order valence-corrected chi connectivity index (χ4v) is 1.75. The molecule has 20 heavy (non-hydrogen) atoms. The van der Waals surface area contributed by atoms with E-state index >= 15 is 0 Å². The molecule has 5 atom stereocenters. The first-order valence-electron chi connectivity index (χ1n) is 6.53. The molecular weight excluding hydrogens is 272 g/mol. The standard InChI is InChI=1S/C12H18O8/c1-6(13)17-5-10-12(19-8(3)15)9(18-7(2)14)4-11(16)20-10/h9-12,16H,4-5H2,1-3H3/t9-,10-,11-,12-/m1/s1/i4D/t4-,9-,10-,11-,12-. The minimum Gasteiger partial charge on any atom is -0.463 e. The van der Waals surface area contributed by atoms with Crippen molar-refractivity contribution in [2.45, 2.75) is 51.8 Å². The van der Waals surface area contributed by atoms with Gasteiger partial charge in [0.25, 0.3) is 0 Å². The van der Waals surface area contributed by atoms with Crippen LogP contribution < -0.4 is 0 Å². The highest BCUT2D eigenvalue weighted by atomic mass is 16.7. The third-order valence-electron chi connectivity index (χ3n) is 2.41. The highest BCUT2D eigenvalue weighted by Crippen LogP contribution is 2.25. The van der Waals surface area contributed by atoms with E-state index in [0.717, 1.165) is 13.8 Å². The average Bonchev–Trinajstić information content (AvgIpc) is 2.35. The van der Waals surface area contributed by atoms with Crippen LogP contribution >= 0.6 is 0 Å². The van der Waals surface area contributed by atoms with Crippen molar-refractivity contribution in [3.63, 3.8) is 0 Å². The Kier molecular flexibility index (Phi) is 5.31. The van der Waals surface area contributed by atoms with E-state index in [2.05, 4.69) is 0 Å². The molecule has 1 rings (SSSR count). The molecule has 1 fully saturated rings. The van der Waals surface area contributed by atoms with Crippen LogP contribution in [0.3, 0.4) is 0 Å². The molecular formula is C12H18O8. The molecule has 0 radical (unpaired) electrons. The maximum absolute atomic E-state index is 11.2. The third-order valence-corrected chi connectivity index (χ3v) is 2.41. The van der Waals surface area contributed by atoms with Crippen LogP contribution in [0.5, 0.6) is 0 Å².